The molecule has 4 nitrogen and oxygen atoms in total. The average molecular weight is 200 g/mol. The third-order valence-electron chi connectivity index (χ3n) is 2.24. The molecule has 0 amide bonds. The van der Waals surface area contributed by atoms with Crippen molar-refractivity contribution in [1.82, 2.24) is 5.06 Å². The van der Waals surface area contributed by atoms with Crippen LogP contribution in [0.5, 0.6) is 0 Å². The van der Waals surface area contributed by atoms with Gasteiger partial charge in [-0.1, -0.05) is 0 Å². The van der Waals surface area contributed by atoms with Gasteiger partial charge < -0.3 is 10.6 Å². The molecule has 1 heterocycles. The third kappa shape index (κ3) is 3.27. The highest BCUT2D eigenvalue weighted by Crippen LogP contribution is 2.17. The quantitative estimate of drug-likeness (QED) is 0.683. The van der Waals surface area contributed by atoms with Gasteiger partial charge in [-0.05, 0) is 33.6 Å². The Morgan fingerprint density at radius 1 is 1.50 bits per heavy atom. The normalized spacial score (nSPS) is 24.7. The predicted molar refractivity (Wildman–Crippen MR) is 54.3 cm³/mol. The van der Waals surface area contributed by atoms with Crippen LogP contribution < -0.4 is 5.73 Å². The molecule has 0 aliphatic carbocycles. The number of piperidine rings is 1. The summed E-state index contributed by atoms with van der Waals surface area (Å²) in [6, 6.07) is 0.136. The lowest BCUT2D eigenvalue weighted by atomic mass is 9.98. The van der Waals surface area contributed by atoms with E-state index < -0.39 is 5.41 Å². The molecule has 0 saturated carbocycles. The molecule has 1 aliphatic heterocycles. The Balaban J connectivity index is 2.40. The third-order valence-corrected chi connectivity index (χ3v) is 2.24. The van der Waals surface area contributed by atoms with Crippen LogP contribution in [0.1, 0.15) is 33.6 Å². The van der Waals surface area contributed by atoms with E-state index >= 15 is 0 Å². The summed E-state index contributed by atoms with van der Waals surface area (Å²) in [6.45, 7) is 7.00. The van der Waals surface area contributed by atoms with Crippen molar-refractivity contribution in [2.75, 3.05) is 13.1 Å². The first-order chi connectivity index (χ1) is 6.39. The number of nitrogens with zero attached hydrogens (tertiary/aromatic N) is 1. The van der Waals surface area contributed by atoms with Crippen molar-refractivity contribution < 1.29 is 9.63 Å². The summed E-state index contributed by atoms with van der Waals surface area (Å²) in [4.78, 5) is 16.8. The summed E-state index contributed by atoms with van der Waals surface area (Å²) in [5.41, 5.74) is 5.33. The number of rotatable bonds is 1. The maximum Gasteiger partial charge on any atom is 0.330 e. The second-order valence-electron chi connectivity index (χ2n) is 4.92. The van der Waals surface area contributed by atoms with E-state index in [0.29, 0.717) is 6.54 Å². The second-order valence-corrected chi connectivity index (χ2v) is 4.92. The Hall–Kier alpha value is -0.610. The highest BCUT2D eigenvalue weighted by Gasteiger charge is 2.27. The minimum Gasteiger partial charge on any atom is -0.367 e. The summed E-state index contributed by atoms with van der Waals surface area (Å²) < 4.78 is 0. The fourth-order valence-corrected chi connectivity index (χ4v) is 1.31. The molecular weight excluding hydrogens is 180 g/mol. The van der Waals surface area contributed by atoms with Crippen LogP contribution in [0.2, 0.25) is 0 Å². The van der Waals surface area contributed by atoms with Gasteiger partial charge in [-0.25, -0.2) is 4.79 Å². The molecule has 14 heavy (non-hydrogen) atoms. The van der Waals surface area contributed by atoms with Gasteiger partial charge in [0.1, 0.15) is 0 Å². The molecule has 0 unspecified atom stereocenters. The number of hydrogen-bond acceptors (Lipinski definition) is 4. The van der Waals surface area contributed by atoms with Gasteiger partial charge in [-0.15, -0.1) is 5.06 Å². The molecule has 4 heteroatoms. The molecule has 1 saturated heterocycles. The predicted octanol–water partition coefficient (Wildman–Crippen LogP) is 0.914. The van der Waals surface area contributed by atoms with Gasteiger partial charge in [0.25, 0.3) is 0 Å². The highest BCUT2D eigenvalue weighted by atomic mass is 16.7. The maximum absolute atomic E-state index is 11.5. The van der Waals surface area contributed by atoms with Crippen LogP contribution in [0.15, 0.2) is 0 Å². The van der Waals surface area contributed by atoms with Crippen LogP contribution in [0, 0.1) is 5.41 Å². The zero-order chi connectivity index (χ0) is 10.8. The first-order valence-electron chi connectivity index (χ1n) is 5.12. The monoisotopic (exact) mass is 200 g/mol. The van der Waals surface area contributed by atoms with Gasteiger partial charge >= 0.3 is 5.97 Å². The Kier molecular flexibility index (Phi) is 3.50. The first-order valence-corrected chi connectivity index (χ1v) is 5.12. The van der Waals surface area contributed by atoms with E-state index in [0.717, 1.165) is 19.4 Å². The van der Waals surface area contributed by atoms with Crippen LogP contribution >= 0.6 is 0 Å². The van der Waals surface area contributed by atoms with Crippen LogP contribution in [0.4, 0.5) is 0 Å². The number of hydrogen-bond donors (Lipinski definition) is 1. The molecule has 0 radical (unpaired) electrons. The smallest absolute Gasteiger partial charge is 0.330 e. The van der Waals surface area contributed by atoms with E-state index in [2.05, 4.69) is 0 Å². The maximum atomic E-state index is 11.5. The molecular formula is C10H20N2O2. The van der Waals surface area contributed by atoms with Crippen molar-refractivity contribution >= 4 is 5.97 Å². The molecule has 1 rings (SSSR count). The van der Waals surface area contributed by atoms with Crippen molar-refractivity contribution in [3.63, 3.8) is 0 Å². The number of carbonyl (C=O) groups is 1. The fourth-order valence-electron chi connectivity index (χ4n) is 1.31. The topological polar surface area (TPSA) is 55.6 Å². The summed E-state index contributed by atoms with van der Waals surface area (Å²) in [5, 5.41) is 1.68. The summed E-state index contributed by atoms with van der Waals surface area (Å²) >= 11 is 0. The molecule has 0 aromatic carbocycles. The van der Waals surface area contributed by atoms with Crippen molar-refractivity contribution in [2.45, 2.75) is 39.7 Å². The lowest BCUT2D eigenvalue weighted by Gasteiger charge is -2.31. The average Bonchev–Trinajstić information content (AvgIpc) is 2.02. The van der Waals surface area contributed by atoms with E-state index in [9.17, 15) is 4.79 Å². The van der Waals surface area contributed by atoms with Gasteiger partial charge in [0.05, 0.1) is 12.0 Å². The lowest BCUT2D eigenvalue weighted by molar-refractivity contribution is -0.204. The number of nitrogens with two attached hydrogens (primary N) is 1. The van der Waals surface area contributed by atoms with E-state index in [1.165, 1.54) is 0 Å². The molecule has 1 atom stereocenters. The Morgan fingerprint density at radius 2 is 2.14 bits per heavy atom. The van der Waals surface area contributed by atoms with Gasteiger partial charge in [0.15, 0.2) is 0 Å². The Bertz CT molecular complexity index is 211. The molecule has 1 fully saturated rings. The zero-order valence-corrected chi connectivity index (χ0v) is 9.25. The number of hydroxylamine groups is 2. The molecule has 0 bridgehead atoms. The Morgan fingerprint density at radius 3 is 2.64 bits per heavy atom. The van der Waals surface area contributed by atoms with Crippen LogP contribution in [0.3, 0.4) is 0 Å². The lowest BCUT2D eigenvalue weighted by Crippen LogP contribution is -2.45. The van der Waals surface area contributed by atoms with Crippen molar-refractivity contribution in [3.05, 3.63) is 0 Å². The van der Waals surface area contributed by atoms with Gasteiger partial charge in [-0.3, -0.25) is 0 Å². The van der Waals surface area contributed by atoms with E-state index in [-0.39, 0.29) is 12.0 Å². The van der Waals surface area contributed by atoms with Crippen LogP contribution in [-0.4, -0.2) is 30.2 Å². The minimum atomic E-state index is -0.443. The molecule has 0 aromatic rings. The molecule has 82 valence electrons. The fraction of sp³-hybridized carbons (Fsp3) is 0.900. The highest BCUT2D eigenvalue weighted by molar-refractivity contribution is 5.75. The number of carbonyl (C=O) groups excluding carboxylic acids is 1. The molecule has 0 spiro atoms. The van der Waals surface area contributed by atoms with E-state index in [1.54, 1.807) is 5.06 Å². The van der Waals surface area contributed by atoms with Gasteiger partial charge in [0, 0.05) is 12.6 Å². The molecule has 2 N–H and O–H groups in total. The van der Waals surface area contributed by atoms with Gasteiger partial charge in [-0.2, -0.15) is 0 Å². The zero-order valence-electron chi connectivity index (χ0n) is 9.25. The molecule has 1 aliphatic rings. The van der Waals surface area contributed by atoms with Crippen LogP contribution in [0.25, 0.3) is 0 Å². The van der Waals surface area contributed by atoms with Crippen LogP contribution in [-0.2, 0) is 9.63 Å². The largest absolute Gasteiger partial charge is 0.367 e. The summed E-state index contributed by atoms with van der Waals surface area (Å²) in [7, 11) is 0. The minimum absolute atomic E-state index is 0.136. The van der Waals surface area contributed by atoms with Crippen molar-refractivity contribution in [2.24, 2.45) is 11.1 Å². The second kappa shape index (κ2) is 4.28. The van der Waals surface area contributed by atoms with Crippen molar-refractivity contribution in [3.8, 4) is 0 Å². The SMILES string of the molecule is CC(C)(C)C(=O)ON1CCC[C@@H](N)C1. The standard InChI is InChI=1S/C10H20N2O2/c1-10(2,3)9(13)14-12-6-4-5-8(11)7-12/h8H,4-7,11H2,1-3H3/t8-/m1/s1. The Labute approximate surface area is 85.3 Å². The first kappa shape index (κ1) is 11.5. The van der Waals surface area contributed by atoms with E-state index in [1.807, 2.05) is 20.8 Å². The van der Waals surface area contributed by atoms with Crippen molar-refractivity contribution in [1.29, 1.82) is 0 Å². The summed E-state index contributed by atoms with van der Waals surface area (Å²) in [6.07, 6.45) is 2.02. The van der Waals surface area contributed by atoms with Gasteiger partial charge in [0.2, 0.25) is 0 Å². The van der Waals surface area contributed by atoms with E-state index in [4.69, 9.17) is 10.6 Å². The molecule has 0 aromatic heterocycles. The summed E-state index contributed by atoms with van der Waals surface area (Å²) in [5.74, 6) is -0.188.